The zero-order valence-electron chi connectivity index (χ0n) is 14.9. The van der Waals surface area contributed by atoms with Crippen LogP contribution < -0.4 is 10.4 Å². The molecule has 0 fully saturated rings. The third-order valence-electron chi connectivity index (χ3n) is 3.80. The van der Waals surface area contributed by atoms with Crippen molar-refractivity contribution in [1.29, 1.82) is 0 Å². The number of benzene rings is 2. The Bertz CT molecular complexity index is 842. The molecule has 6 nitrogen and oxygen atoms in total. The summed E-state index contributed by atoms with van der Waals surface area (Å²) in [6.07, 6.45) is 0. The first-order valence-corrected chi connectivity index (χ1v) is 8.16. The fourth-order valence-corrected chi connectivity index (χ4v) is 2.49. The molecule has 0 bridgehead atoms. The Hall–Kier alpha value is -3.15. The van der Waals surface area contributed by atoms with Gasteiger partial charge in [0.15, 0.2) is 0 Å². The van der Waals surface area contributed by atoms with Gasteiger partial charge in [0.1, 0.15) is 0 Å². The Morgan fingerprint density at radius 3 is 2.31 bits per heavy atom. The number of carboxylic acid groups (broad SMARTS) is 1. The van der Waals surface area contributed by atoms with Gasteiger partial charge in [0.2, 0.25) is 0 Å². The molecule has 0 atom stereocenters. The number of amides is 1. The van der Waals surface area contributed by atoms with Crippen molar-refractivity contribution in [1.82, 2.24) is 5.32 Å². The van der Waals surface area contributed by atoms with Crippen molar-refractivity contribution in [2.45, 2.75) is 13.8 Å². The lowest BCUT2D eigenvalue weighted by atomic mass is 9.93. The molecule has 0 saturated heterocycles. The van der Waals surface area contributed by atoms with Crippen LogP contribution >= 0.6 is 0 Å². The van der Waals surface area contributed by atoms with Crippen LogP contribution in [0.3, 0.4) is 0 Å². The first kappa shape index (κ1) is 19.2. The quantitative estimate of drug-likeness (QED) is 0.799. The molecule has 0 aliphatic carbocycles. The maximum atomic E-state index is 12.3. The molecular weight excluding hydrogens is 334 g/mol. The summed E-state index contributed by atoms with van der Waals surface area (Å²) in [5.41, 5.74) is 1.04. The molecule has 136 valence electrons. The van der Waals surface area contributed by atoms with E-state index < -0.39 is 11.9 Å². The van der Waals surface area contributed by atoms with E-state index >= 15 is 0 Å². The number of rotatable bonds is 6. The lowest BCUT2D eigenvalue weighted by Crippen LogP contribution is -2.27. The summed E-state index contributed by atoms with van der Waals surface area (Å²) in [6.45, 7) is 4.45. The molecule has 2 aromatic rings. The number of hydrogen-bond acceptors (Lipinski definition) is 5. The van der Waals surface area contributed by atoms with Gasteiger partial charge in [-0.05, 0) is 29.2 Å². The van der Waals surface area contributed by atoms with E-state index in [1.807, 2.05) is 13.8 Å². The van der Waals surface area contributed by atoms with Crippen molar-refractivity contribution in [3.8, 4) is 11.1 Å². The van der Waals surface area contributed by atoms with E-state index in [9.17, 15) is 19.5 Å². The minimum Gasteiger partial charge on any atom is -0.545 e. The van der Waals surface area contributed by atoms with Gasteiger partial charge < -0.3 is 20.0 Å². The summed E-state index contributed by atoms with van der Waals surface area (Å²) in [4.78, 5) is 35.9. The molecule has 0 saturated carbocycles. The second kappa shape index (κ2) is 8.29. The summed E-state index contributed by atoms with van der Waals surface area (Å²) in [7, 11) is 1.22. The molecule has 2 rings (SSSR count). The molecule has 1 N–H and O–H groups in total. The molecule has 26 heavy (non-hydrogen) atoms. The van der Waals surface area contributed by atoms with Gasteiger partial charge in [-0.2, -0.15) is 0 Å². The predicted octanol–water partition coefficient (Wildman–Crippen LogP) is 1.89. The molecule has 0 aliphatic heterocycles. The average molecular weight is 354 g/mol. The Balaban J connectivity index is 2.53. The lowest BCUT2D eigenvalue weighted by molar-refractivity contribution is -0.254. The van der Waals surface area contributed by atoms with Gasteiger partial charge in [-0.15, -0.1) is 0 Å². The SMILES string of the molecule is COC(=O)c1cc(C(=O)NCC(C)C)ccc1-c1ccccc1C(=O)[O-]. The monoisotopic (exact) mass is 354 g/mol. The number of nitrogens with one attached hydrogen (secondary N) is 1. The average Bonchev–Trinajstić information content (AvgIpc) is 2.64. The topological polar surface area (TPSA) is 95.5 Å². The van der Waals surface area contributed by atoms with Crippen LogP contribution in [0.5, 0.6) is 0 Å². The Kier molecular flexibility index (Phi) is 6.11. The van der Waals surface area contributed by atoms with Crippen molar-refractivity contribution in [3.63, 3.8) is 0 Å². The van der Waals surface area contributed by atoms with Crippen LogP contribution in [0.1, 0.15) is 44.9 Å². The van der Waals surface area contributed by atoms with Gasteiger partial charge in [0.25, 0.3) is 5.91 Å². The third-order valence-corrected chi connectivity index (χ3v) is 3.80. The van der Waals surface area contributed by atoms with Crippen molar-refractivity contribution < 1.29 is 24.2 Å². The standard InChI is InChI=1S/C20H21NO5/c1-12(2)11-21-18(22)13-8-9-15(17(10-13)20(25)26-3)14-6-4-5-7-16(14)19(23)24/h4-10,12H,11H2,1-3H3,(H,21,22)(H,23,24)/p-1. The maximum absolute atomic E-state index is 12.3. The smallest absolute Gasteiger partial charge is 0.338 e. The number of esters is 1. The van der Waals surface area contributed by atoms with Crippen molar-refractivity contribution in [2.75, 3.05) is 13.7 Å². The molecule has 0 spiro atoms. The summed E-state index contributed by atoms with van der Waals surface area (Å²) < 4.78 is 4.80. The zero-order valence-corrected chi connectivity index (χ0v) is 14.9. The molecule has 0 aliphatic rings. The highest BCUT2D eigenvalue weighted by Crippen LogP contribution is 2.28. The summed E-state index contributed by atoms with van der Waals surface area (Å²) in [5, 5.41) is 14.2. The van der Waals surface area contributed by atoms with Gasteiger partial charge in [-0.1, -0.05) is 44.2 Å². The van der Waals surface area contributed by atoms with Crippen LogP contribution in [0.4, 0.5) is 0 Å². The van der Waals surface area contributed by atoms with Gasteiger partial charge in [-0.3, -0.25) is 4.79 Å². The van der Waals surface area contributed by atoms with Gasteiger partial charge in [0.05, 0.1) is 18.6 Å². The highest BCUT2D eigenvalue weighted by atomic mass is 16.5. The highest BCUT2D eigenvalue weighted by molar-refractivity contribution is 6.04. The fraction of sp³-hybridized carbons (Fsp3) is 0.250. The molecule has 0 unspecified atom stereocenters. The summed E-state index contributed by atoms with van der Waals surface area (Å²) in [6, 6.07) is 10.7. The number of carbonyl (C=O) groups is 3. The van der Waals surface area contributed by atoms with Crippen LogP contribution in [-0.2, 0) is 4.74 Å². The Morgan fingerprint density at radius 1 is 1.04 bits per heavy atom. The van der Waals surface area contributed by atoms with Crippen molar-refractivity contribution in [3.05, 3.63) is 59.2 Å². The molecule has 0 radical (unpaired) electrons. The van der Waals surface area contributed by atoms with E-state index in [4.69, 9.17) is 4.74 Å². The Morgan fingerprint density at radius 2 is 1.69 bits per heavy atom. The first-order chi connectivity index (χ1) is 12.3. The number of ether oxygens (including phenoxy) is 1. The fourth-order valence-electron chi connectivity index (χ4n) is 2.49. The van der Waals surface area contributed by atoms with Crippen LogP contribution in [0.2, 0.25) is 0 Å². The number of methoxy groups -OCH3 is 1. The van der Waals surface area contributed by atoms with Crippen LogP contribution in [0.25, 0.3) is 11.1 Å². The van der Waals surface area contributed by atoms with Crippen molar-refractivity contribution in [2.24, 2.45) is 5.92 Å². The summed E-state index contributed by atoms with van der Waals surface area (Å²) in [5.74, 6) is -2.04. The number of carboxylic acids is 1. The minimum absolute atomic E-state index is 0.0466. The highest BCUT2D eigenvalue weighted by Gasteiger charge is 2.19. The van der Waals surface area contributed by atoms with Crippen LogP contribution in [0.15, 0.2) is 42.5 Å². The predicted molar refractivity (Wildman–Crippen MR) is 94.7 cm³/mol. The molecular formula is C20H20NO5-. The van der Waals surface area contributed by atoms with E-state index in [0.29, 0.717) is 23.2 Å². The normalized spacial score (nSPS) is 10.5. The molecule has 0 heterocycles. The molecule has 6 heteroatoms. The largest absolute Gasteiger partial charge is 0.545 e. The molecule has 1 amide bonds. The van der Waals surface area contributed by atoms with E-state index in [-0.39, 0.29) is 23.0 Å². The van der Waals surface area contributed by atoms with Crippen LogP contribution in [-0.4, -0.2) is 31.5 Å². The Labute approximate surface area is 151 Å². The van der Waals surface area contributed by atoms with E-state index in [2.05, 4.69) is 5.32 Å². The van der Waals surface area contributed by atoms with E-state index in [0.717, 1.165) is 0 Å². The zero-order chi connectivity index (χ0) is 19.3. The van der Waals surface area contributed by atoms with E-state index in [1.54, 1.807) is 24.3 Å². The second-order valence-electron chi connectivity index (χ2n) is 6.19. The van der Waals surface area contributed by atoms with Gasteiger partial charge in [-0.25, -0.2) is 4.79 Å². The van der Waals surface area contributed by atoms with Crippen LogP contribution in [0, 0.1) is 5.92 Å². The number of hydrogen-bond donors (Lipinski definition) is 1. The van der Waals surface area contributed by atoms with Gasteiger partial charge >= 0.3 is 5.97 Å². The molecule has 2 aromatic carbocycles. The van der Waals surface area contributed by atoms with Gasteiger partial charge in [0, 0.05) is 17.7 Å². The number of aromatic carboxylic acids is 1. The van der Waals surface area contributed by atoms with Crippen molar-refractivity contribution >= 4 is 17.8 Å². The molecule has 0 aromatic heterocycles. The van der Waals surface area contributed by atoms with E-state index in [1.165, 1.54) is 25.3 Å². The minimum atomic E-state index is -1.35. The third kappa shape index (κ3) is 4.27. The first-order valence-electron chi connectivity index (χ1n) is 8.16. The second-order valence-corrected chi connectivity index (χ2v) is 6.19. The maximum Gasteiger partial charge on any atom is 0.338 e. The lowest BCUT2D eigenvalue weighted by Gasteiger charge is -2.15. The summed E-state index contributed by atoms with van der Waals surface area (Å²) >= 11 is 0. The number of carbonyl (C=O) groups excluding carboxylic acids is 3.